The number of aromatic amines is 1. The highest BCUT2D eigenvalue weighted by Crippen LogP contribution is 2.20. The van der Waals surface area contributed by atoms with Crippen molar-refractivity contribution in [1.82, 2.24) is 25.9 Å². The van der Waals surface area contributed by atoms with Gasteiger partial charge < -0.3 is 20.9 Å². The molecule has 9 nitrogen and oxygen atoms in total. The standard InChI is InChI=1S/C21H25N5O4S.C7H12.C3H8.C2H6/c1-5-15-14(10-23-16(15)6-2)9-17(19(29)21-22-7-8-31-21)26-18(28)11-24-20(30)12(3)25-13(4)27;1-4-5-6-7(2)3;1-3-2;1-2/h5-8,10,12,17,23H,1-2,9,11H2,3-4H3,(H,24,30)(H,25,27)(H,26,28);4-6H,1-3H3;3H2,1-2H3;1-2H3/b;5-4-;;. The van der Waals surface area contributed by atoms with Gasteiger partial charge in [-0.15, -0.1) is 11.3 Å². The number of thiazole rings is 1. The summed E-state index contributed by atoms with van der Waals surface area (Å²) in [5, 5.41) is 9.49. The summed E-state index contributed by atoms with van der Waals surface area (Å²) in [5.41, 5.74) is 3.68. The first-order chi connectivity index (χ1) is 20.4. The van der Waals surface area contributed by atoms with E-state index >= 15 is 0 Å². The molecule has 2 aromatic rings. The van der Waals surface area contributed by atoms with Crippen LogP contribution >= 0.6 is 11.3 Å². The highest BCUT2D eigenvalue weighted by molar-refractivity contribution is 7.11. The lowest BCUT2D eigenvalue weighted by atomic mass is 10.00. The molecule has 0 saturated heterocycles. The Labute approximate surface area is 262 Å². The normalized spacial score (nSPS) is 11.0. The van der Waals surface area contributed by atoms with Crippen LogP contribution in [0.1, 0.15) is 95.4 Å². The van der Waals surface area contributed by atoms with E-state index in [0.717, 1.165) is 16.8 Å². The van der Waals surface area contributed by atoms with Crippen molar-refractivity contribution in [2.24, 2.45) is 0 Å². The first-order valence-electron chi connectivity index (χ1n) is 14.4. The van der Waals surface area contributed by atoms with Crippen molar-refractivity contribution in [3.63, 3.8) is 0 Å². The average molecular weight is 614 g/mol. The van der Waals surface area contributed by atoms with E-state index in [1.807, 2.05) is 32.9 Å². The van der Waals surface area contributed by atoms with Crippen molar-refractivity contribution in [1.29, 1.82) is 0 Å². The summed E-state index contributed by atoms with van der Waals surface area (Å²) in [6, 6.07) is -1.68. The van der Waals surface area contributed by atoms with Crippen LogP contribution < -0.4 is 16.0 Å². The maximum Gasteiger partial charge on any atom is 0.242 e. The Morgan fingerprint density at radius 2 is 1.70 bits per heavy atom. The monoisotopic (exact) mass is 613 g/mol. The summed E-state index contributed by atoms with van der Waals surface area (Å²) in [6.07, 6.45) is 14.1. The van der Waals surface area contributed by atoms with Crippen molar-refractivity contribution < 1.29 is 19.2 Å². The number of allylic oxidation sites excluding steroid dienone is 4. The quantitative estimate of drug-likeness (QED) is 0.165. The van der Waals surface area contributed by atoms with Gasteiger partial charge >= 0.3 is 0 Å². The van der Waals surface area contributed by atoms with Gasteiger partial charge in [-0.05, 0) is 39.3 Å². The molecule has 0 saturated carbocycles. The molecule has 0 aliphatic heterocycles. The van der Waals surface area contributed by atoms with Crippen molar-refractivity contribution >= 4 is 47.0 Å². The van der Waals surface area contributed by atoms with Gasteiger partial charge in [0.25, 0.3) is 0 Å². The van der Waals surface area contributed by atoms with Crippen LogP contribution in [0.5, 0.6) is 0 Å². The molecule has 10 heteroatoms. The molecule has 0 fully saturated rings. The maximum absolute atomic E-state index is 12.9. The van der Waals surface area contributed by atoms with Gasteiger partial charge in [0, 0.05) is 42.4 Å². The molecule has 2 heterocycles. The van der Waals surface area contributed by atoms with E-state index in [1.165, 1.54) is 43.4 Å². The van der Waals surface area contributed by atoms with E-state index in [1.54, 1.807) is 23.7 Å². The predicted molar refractivity (Wildman–Crippen MR) is 181 cm³/mol. The third-order valence-corrected chi connectivity index (χ3v) is 5.81. The number of H-pyrrole nitrogens is 1. The highest BCUT2D eigenvalue weighted by atomic mass is 32.1. The van der Waals surface area contributed by atoms with E-state index in [-0.39, 0.29) is 29.7 Å². The molecule has 43 heavy (non-hydrogen) atoms. The van der Waals surface area contributed by atoms with Crippen molar-refractivity contribution in [3.05, 3.63) is 76.6 Å². The van der Waals surface area contributed by atoms with Crippen LogP contribution in [0, 0.1) is 0 Å². The second-order valence-electron chi connectivity index (χ2n) is 9.19. The van der Waals surface area contributed by atoms with Gasteiger partial charge in [-0.25, -0.2) is 4.98 Å². The lowest BCUT2D eigenvalue weighted by molar-refractivity contribution is -0.129. The fourth-order valence-electron chi connectivity index (χ4n) is 3.22. The lowest BCUT2D eigenvalue weighted by Crippen LogP contribution is -2.50. The molecule has 2 atom stereocenters. The third kappa shape index (κ3) is 17.5. The van der Waals surface area contributed by atoms with Gasteiger partial charge in [-0.1, -0.05) is 77.2 Å². The van der Waals surface area contributed by atoms with Crippen molar-refractivity contribution in [2.45, 2.75) is 87.2 Å². The number of carbonyl (C=O) groups excluding carboxylic acids is 4. The zero-order valence-electron chi connectivity index (χ0n) is 27.3. The zero-order valence-corrected chi connectivity index (χ0v) is 28.1. The first kappa shape index (κ1) is 41.1. The molecule has 4 N–H and O–H groups in total. The van der Waals surface area contributed by atoms with Gasteiger partial charge in [-0.2, -0.15) is 0 Å². The Bertz CT molecular complexity index is 1190. The third-order valence-electron chi connectivity index (χ3n) is 5.02. The molecular formula is C33H51N5O4S. The minimum atomic E-state index is -0.893. The summed E-state index contributed by atoms with van der Waals surface area (Å²) in [7, 11) is 0. The van der Waals surface area contributed by atoms with Crippen LogP contribution in [0.2, 0.25) is 0 Å². The fourth-order valence-corrected chi connectivity index (χ4v) is 3.85. The molecule has 3 amide bonds. The number of hydrogen-bond acceptors (Lipinski definition) is 6. The highest BCUT2D eigenvalue weighted by Gasteiger charge is 2.26. The second-order valence-corrected chi connectivity index (χ2v) is 10.1. The summed E-state index contributed by atoms with van der Waals surface area (Å²) in [6.45, 7) is 24.4. The number of nitrogens with one attached hydrogen (secondary N) is 4. The van der Waals surface area contributed by atoms with Crippen molar-refractivity contribution in [3.8, 4) is 0 Å². The van der Waals surface area contributed by atoms with E-state index < -0.39 is 23.9 Å². The zero-order chi connectivity index (χ0) is 33.4. The number of Topliss-reactive ketones (excluding diaryl/α,β-unsaturated/α-hetero) is 1. The van der Waals surface area contributed by atoms with Crippen LogP contribution in [0.4, 0.5) is 0 Å². The molecule has 0 radical (unpaired) electrons. The number of carbonyl (C=O) groups is 4. The Balaban J connectivity index is 0. The van der Waals surface area contributed by atoms with Crippen molar-refractivity contribution in [2.75, 3.05) is 6.54 Å². The number of nitrogens with zero attached hydrogens (tertiary/aromatic N) is 1. The smallest absolute Gasteiger partial charge is 0.242 e. The van der Waals surface area contributed by atoms with Gasteiger partial charge in [0.1, 0.15) is 6.04 Å². The molecular weight excluding hydrogens is 562 g/mol. The fraction of sp³-hybridized carbons (Fsp3) is 0.424. The van der Waals surface area contributed by atoms with E-state index in [4.69, 9.17) is 0 Å². The molecule has 0 aliphatic carbocycles. The minimum Gasteiger partial charge on any atom is -0.361 e. The van der Waals surface area contributed by atoms with Crippen LogP contribution in [0.15, 0.2) is 54.7 Å². The second kappa shape index (κ2) is 24.5. The number of ketones is 1. The number of rotatable bonds is 12. The molecule has 2 aromatic heterocycles. The van der Waals surface area contributed by atoms with E-state index in [0.29, 0.717) is 0 Å². The largest absolute Gasteiger partial charge is 0.361 e. The summed E-state index contributed by atoms with van der Waals surface area (Å²) in [4.78, 5) is 55.5. The molecule has 0 aromatic carbocycles. The molecule has 0 bridgehead atoms. The Kier molecular flexibility index (Phi) is 23.4. The molecule has 0 spiro atoms. The first-order valence-corrected chi connectivity index (χ1v) is 15.3. The van der Waals surface area contributed by atoms with E-state index in [9.17, 15) is 19.2 Å². The Morgan fingerprint density at radius 1 is 1.07 bits per heavy atom. The molecule has 238 valence electrons. The number of amides is 3. The summed E-state index contributed by atoms with van der Waals surface area (Å²) >= 11 is 1.18. The SMILES string of the molecule is C/C=C\C=C(C)C.C=Cc1[nH]cc(CC(NC(=O)CNC(=O)C(C)NC(C)=O)C(=O)c2nccs2)c1C=C.CC.CCC. The topological polar surface area (TPSA) is 133 Å². The van der Waals surface area contributed by atoms with Gasteiger partial charge in [-0.3, -0.25) is 19.2 Å². The maximum atomic E-state index is 12.9. The van der Waals surface area contributed by atoms with Crippen LogP contribution in [0.25, 0.3) is 12.2 Å². The lowest BCUT2D eigenvalue weighted by Gasteiger charge is -2.18. The number of hydrogen-bond donors (Lipinski definition) is 4. The van der Waals surface area contributed by atoms with Crippen LogP contribution in [-0.2, 0) is 20.8 Å². The number of aromatic nitrogens is 2. The Morgan fingerprint density at radius 3 is 2.14 bits per heavy atom. The van der Waals surface area contributed by atoms with Crippen LogP contribution in [-0.4, -0.2) is 52.1 Å². The van der Waals surface area contributed by atoms with Gasteiger partial charge in [0.05, 0.1) is 12.6 Å². The van der Waals surface area contributed by atoms with Gasteiger partial charge in [0.15, 0.2) is 5.01 Å². The molecule has 2 rings (SSSR count). The predicted octanol–water partition coefficient (Wildman–Crippen LogP) is 6.28. The minimum absolute atomic E-state index is 0.200. The average Bonchev–Trinajstić information content (AvgIpc) is 3.65. The molecule has 0 aliphatic rings. The molecule has 2 unspecified atom stereocenters. The van der Waals surface area contributed by atoms with Crippen LogP contribution in [0.3, 0.4) is 0 Å². The Hall–Kier alpha value is -4.05. The summed E-state index contributed by atoms with van der Waals surface area (Å²) < 4.78 is 0. The van der Waals surface area contributed by atoms with Gasteiger partial charge in [0.2, 0.25) is 23.5 Å². The van der Waals surface area contributed by atoms with E-state index in [2.05, 4.69) is 72.8 Å². The summed E-state index contributed by atoms with van der Waals surface area (Å²) in [5.74, 6) is -1.75.